The van der Waals surface area contributed by atoms with Gasteiger partial charge in [-0.1, -0.05) is 162 Å². The molecule has 0 bridgehead atoms. The minimum Gasteiger partial charge on any atom is -0.394 e. The molecule has 0 aromatic carbocycles. The molecule has 49 heavy (non-hydrogen) atoms. The zero-order valence-corrected chi connectivity index (χ0v) is 31.5. The first-order chi connectivity index (χ1) is 23.7. The Hall–Kier alpha value is -0.850. The van der Waals surface area contributed by atoms with Gasteiger partial charge in [0.2, 0.25) is 5.91 Å². The first-order valence-electron chi connectivity index (χ1n) is 20.3. The van der Waals surface area contributed by atoms with Crippen LogP contribution in [0.1, 0.15) is 175 Å². The van der Waals surface area contributed by atoms with Crippen LogP contribution in [0.15, 0.2) is 0 Å². The average Bonchev–Trinajstić information content (AvgIpc) is 3.10. The quantitative estimate of drug-likeness (QED) is 0.0413. The van der Waals surface area contributed by atoms with E-state index in [9.17, 15) is 35.4 Å². The molecule has 0 aliphatic carbocycles. The zero-order valence-electron chi connectivity index (χ0n) is 31.5. The lowest BCUT2D eigenvalue weighted by atomic mass is 9.98. The van der Waals surface area contributed by atoms with Crippen molar-refractivity contribution in [2.75, 3.05) is 13.2 Å². The number of aliphatic hydroxyl groups excluding tert-OH is 6. The number of hydrogen-bond donors (Lipinski definition) is 7. The Morgan fingerprint density at radius 1 is 0.673 bits per heavy atom. The summed E-state index contributed by atoms with van der Waals surface area (Å²) >= 11 is 0. The van der Waals surface area contributed by atoms with Crippen molar-refractivity contribution in [2.24, 2.45) is 5.92 Å². The van der Waals surface area contributed by atoms with Crippen molar-refractivity contribution in [3.63, 3.8) is 0 Å². The fourth-order valence-electron chi connectivity index (χ4n) is 6.65. The van der Waals surface area contributed by atoms with Crippen molar-refractivity contribution < 1.29 is 44.9 Å². The highest BCUT2D eigenvalue weighted by Crippen LogP contribution is 2.23. The van der Waals surface area contributed by atoms with E-state index < -0.39 is 55.6 Å². The van der Waals surface area contributed by atoms with E-state index in [-0.39, 0.29) is 24.9 Å². The van der Waals surface area contributed by atoms with E-state index in [4.69, 9.17) is 9.47 Å². The van der Waals surface area contributed by atoms with E-state index in [1.807, 2.05) is 6.92 Å². The molecular weight excluding hydrogens is 626 g/mol. The van der Waals surface area contributed by atoms with Crippen LogP contribution in [-0.2, 0) is 14.3 Å². The van der Waals surface area contributed by atoms with E-state index in [2.05, 4.69) is 12.2 Å². The molecule has 0 radical (unpaired) electrons. The predicted molar refractivity (Wildman–Crippen MR) is 195 cm³/mol. The van der Waals surface area contributed by atoms with Crippen molar-refractivity contribution >= 4 is 5.91 Å². The van der Waals surface area contributed by atoms with Gasteiger partial charge >= 0.3 is 0 Å². The summed E-state index contributed by atoms with van der Waals surface area (Å²) in [6, 6.07) is -0.998. The van der Waals surface area contributed by atoms with Crippen LogP contribution in [0.5, 0.6) is 0 Å². The van der Waals surface area contributed by atoms with Gasteiger partial charge in [-0.05, 0) is 12.8 Å². The zero-order chi connectivity index (χ0) is 36.3. The molecule has 1 aliphatic rings. The van der Waals surface area contributed by atoms with Gasteiger partial charge < -0.3 is 45.4 Å². The molecule has 1 heterocycles. The second-order valence-corrected chi connectivity index (χ2v) is 14.7. The molecule has 9 atom stereocenters. The van der Waals surface area contributed by atoms with Crippen LogP contribution in [0.2, 0.25) is 0 Å². The lowest BCUT2D eigenvalue weighted by molar-refractivity contribution is -0.303. The molecule has 0 aromatic rings. The molecule has 1 saturated heterocycles. The molecule has 10 heteroatoms. The number of rotatable bonds is 32. The SMILES string of the molecule is CCCCCCCCCCCCCCCCCCCCCCCCC(C)C(=O)N[C@@H](CO[C@H]1OC(CO)[C@H](O)C(O)C1O)[C@H](O)[C@H](O)CC. The number of ether oxygens (including phenoxy) is 2. The van der Waals surface area contributed by atoms with E-state index in [0.29, 0.717) is 6.42 Å². The maximum Gasteiger partial charge on any atom is 0.223 e. The summed E-state index contributed by atoms with van der Waals surface area (Å²) in [5.41, 5.74) is 0. The predicted octanol–water partition coefficient (Wildman–Crippen LogP) is 6.05. The number of nitrogens with one attached hydrogen (secondary N) is 1. The second-order valence-electron chi connectivity index (χ2n) is 14.7. The smallest absolute Gasteiger partial charge is 0.223 e. The minimum absolute atomic E-state index is 0.253. The summed E-state index contributed by atoms with van der Waals surface area (Å²) in [6.45, 7) is 4.90. The Morgan fingerprint density at radius 2 is 1.10 bits per heavy atom. The molecule has 1 rings (SSSR count). The first-order valence-corrected chi connectivity index (χ1v) is 20.3. The Kier molecular flexibility index (Phi) is 28.0. The second kappa shape index (κ2) is 29.7. The van der Waals surface area contributed by atoms with Crippen LogP contribution in [0, 0.1) is 5.92 Å². The molecule has 1 aliphatic heterocycles. The highest BCUT2D eigenvalue weighted by atomic mass is 16.7. The van der Waals surface area contributed by atoms with Crippen LogP contribution < -0.4 is 5.32 Å². The maximum absolute atomic E-state index is 13.0. The van der Waals surface area contributed by atoms with Crippen LogP contribution in [0.3, 0.4) is 0 Å². The highest BCUT2D eigenvalue weighted by Gasteiger charge is 2.44. The number of unbranched alkanes of at least 4 members (excludes halogenated alkanes) is 21. The fraction of sp³-hybridized carbons (Fsp3) is 0.974. The van der Waals surface area contributed by atoms with Crippen molar-refractivity contribution in [3.05, 3.63) is 0 Å². The van der Waals surface area contributed by atoms with Gasteiger partial charge in [0, 0.05) is 5.92 Å². The summed E-state index contributed by atoms with van der Waals surface area (Å²) in [4.78, 5) is 13.0. The van der Waals surface area contributed by atoms with Gasteiger partial charge in [0.15, 0.2) is 6.29 Å². The minimum atomic E-state index is -1.60. The number of carbonyl (C=O) groups excluding carboxylic acids is 1. The summed E-state index contributed by atoms with van der Waals surface area (Å²) < 4.78 is 10.9. The average molecular weight is 704 g/mol. The highest BCUT2D eigenvalue weighted by molar-refractivity contribution is 5.78. The summed E-state index contributed by atoms with van der Waals surface area (Å²) in [5.74, 6) is -0.570. The Balaban J connectivity index is 2.13. The molecule has 0 aromatic heterocycles. The van der Waals surface area contributed by atoms with Crippen LogP contribution in [0.25, 0.3) is 0 Å². The molecule has 1 fully saturated rings. The molecule has 0 saturated carbocycles. The topological polar surface area (TPSA) is 169 Å². The van der Waals surface area contributed by atoms with Gasteiger partial charge in [-0.3, -0.25) is 4.79 Å². The molecule has 292 valence electrons. The Labute approximate surface area is 298 Å². The molecule has 4 unspecified atom stereocenters. The number of aliphatic hydroxyl groups is 6. The van der Waals surface area contributed by atoms with Crippen molar-refractivity contribution in [1.82, 2.24) is 5.32 Å². The lowest BCUT2D eigenvalue weighted by Gasteiger charge is -2.40. The van der Waals surface area contributed by atoms with Gasteiger partial charge in [-0.15, -0.1) is 0 Å². The summed E-state index contributed by atoms with van der Waals surface area (Å²) in [7, 11) is 0. The standard InChI is InChI=1S/C39H77NO9/c1-4-6-7-8-9-10-11-12-13-14-15-16-17-18-19-20-21-22-23-24-25-26-27-30(3)38(47)40-31(34(43)32(42)5-2)29-48-39-37(46)36(45)35(44)33(28-41)49-39/h30-37,39,41-46H,4-29H2,1-3H3,(H,40,47)/t30?,31-,32+,33?,34-,35-,36?,37?,39-/m0/s1. The molecular formula is C39H77NO9. The monoisotopic (exact) mass is 704 g/mol. The van der Waals surface area contributed by atoms with Gasteiger partial charge in [0.1, 0.15) is 30.5 Å². The Morgan fingerprint density at radius 3 is 1.51 bits per heavy atom. The number of carbonyl (C=O) groups is 1. The normalized spacial score (nSPS) is 23.7. The maximum atomic E-state index is 13.0. The third-order valence-electron chi connectivity index (χ3n) is 10.3. The number of hydrogen-bond acceptors (Lipinski definition) is 9. The third-order valence-corrected chi connectivity index (χ3v) is 10.3. The summed E-state index contributed by atoms with van der Waals surface area (Å²) in [5, 5.41) is 63.4. The van der Waals surface area contributed by atoms with Crippen LogP contribution in [0.4, 0.5) is 0 Å². The van der Waals surface area contributed by atoms with Gasteiger partial charge in [0.05, 0.1) is 25.4 Å². The lowest BCUT2D eigenvalue weighted by Crippen LogP contribution is -2.60. The molecule has 0 spiro atoms. The summed E-state index contributed by atoms with van der Waals surface area (Å²) in [6.07, 6.45) is 20.6. The van der Waals surface area contributed by atoms with E-state index in [1.165, 1.54) is 122 Å². The molecule has 1 amide bonds. The third kappa shape index (κ3) is 20.7. The van der Waals surface area contributed by atoms with Crippen molar-refractivity contribution in [3.8, 4) is 0 Å². The molecule has 10 nitrogen and oxygen atoms in total. The van der Waals surface area contributed by atoms with E-state index in [1.54, 1.807) is 6.92 Å². The van der Waals surface area contributed by atoms with E-state index >= 15 is 0 Å². The largest absolute Gasteiger partial charge is 0.394 e. The van der Waals surface area contributed by atoms with Crippen molar-refractivity contribution in [2.45, 2.75) is 224 Å². The van der Waals surface area contributed by atoms with E-state index in [0.717, 1.165) is 19.3 Å². The van der Waals surface area contributed by atoms with Gasteiger partial charge in [0.25, 0.3) is 0 Å². The molecule has 7 N–H and O–H groups in total. The van der Waals surface area contributed by atoms with Crippen LogP contribution >= 0.6 is 0 Å². The van der Waals surface area contributed by atoms with Crippen molar-refractivity contribution in [1.29, 1.82) is 0 Å². The van der Waals surface area contributed by atoms with Crippen LogP contribution in [-0.4, -0.2) is 98.7 Å². The van der Waals surface area contributed by atoms with Gasteiger partial charge in [-0.25, -0.2) is 0 Å². The van der Waals surface area contributed by atoms with Gasteiger partial charge in [-0.2, -0.15) is 0 Å². The Bertz CT molecular complexity index is 773. The number of amides is 1. The first kappa shape index (κ1) is 46.2. The fourth-order valence-corrected chi connectivity index (χ4v) is 6.65.